The molecular weight excluding hydrogens is 341 g/mol. The average molecular weight is 358 g/mol. The first kappa shape index (κ1) is 17.2. The fourth-order valence-corrected chi connectivity index (χ4v) is 3.44. The smallest absolute Gasteiger partial charge is 0.248 e. The number of rotatable bonds is 3. The number of amidine groups is 1. The second-order valence-electron chi connectivity index (χ2n) is 5.17. The van der Waals surface area contributed by atoms with E-state index in [9.17, 15) is 4.79 Å². The molecule has 22 heavy (non-hydrogen) atoms. The fraction of sp³-hybridized carbons (Fsp3) is 0.333. The maximum atomic E-state index is 11.8. The predicted octanol–water partition coefficient (Wildman–Crippen LogP) is 3.89. The number of hydrogen-bond acceptors (Lipinski definition) is 4. The van der Waals surface area contributed by atoms with Gasteiger partial charge in [0.25, 0.3) is 0 Å². The van der Waals surface area contributed by atoms with Crippen molar-refractivity contribution in [1.82, 2.24) is 5.32 Å². The molecule has 0 radical (unpaired) electrons. The zero-order chi connectivity index (χ0) is 16.4. The minimum absolute atomic E-state index is 0.352. The highest BCUT2D eigenvalue weighted by Crippen LogP contribution is 2.38. The van der Waals surface area contributed by atoms with Crippen LogP contribution in [0, 0.1) is 0 Å². The zero-order valence-electron chi connectivity index (χ0n) is 12.5. The molecule has 1 unspecified atom stereocenters. The number of thioether (sulfide) groups is 1. The molecule has 0 aromatic heterocycles. The van der Waals surface area contributed by atoms with Crippen molar-refractivity contribution >= 4 is 46.0 Å². The molecule has 7 heteroatoms. The number of aliphatic imine (C=N–C) groups is 1. The Balaban J connectivity index is 2.54. The van der Waals surface area contributed by atoms with Crippen LogP contribution < -0.4 is 11.1 Å². The van der Waals surface area contributed by atoms with Crippen LogP contribution in [-0.4, -0.2) is 16.3 Å². The third kappa shape index (κ3) is 3.59. The van der Waals surface area contributed by atoms with E-state index < -0.39 is 11.9 Å². The van der Waals surface area contributed by atoms with E-state index in [2.05, 4.69) is 24.2 Å². The van der Waals surface area contributed by atoms with Crippen molar-refractivity contribution in [1.29, 1.82) is 0 Å². The van der Waals surface area contributed by atoms with Crippen molar-refractivity contribution in [3.63, 3.8) is 0 Å². The van der Waals surface area contributed by atoms with Crippen molar-refractivity contribution in [3.8, 4) is 0 Å². The molecule has 1 aliphatic rings. The number of benzene rings is 1. The Labute approximate surface area is 144 Å². The minimum Gasteiger partial charge on any atom is -0.366 e. The van der Waals surface area contributed by atoms with Crippen molar-refractivity contribution in [3.05, 3.63) is 45.1 Å². The molecule has 118 valence electrons. The van der Waals surface area contributed by atoms with Crippen molar-refractivity contribution in [2.45, 2.75) is 32.1 Å². The molecule has 0 saturated heterocycles. The molecule has 1 amide bonds. The number of nitrogens with one attached hydrogen (secondary N) is 1. The highest BCUT2D eigenvalue weighted by Gasteiger charge is 2.30. The monoisotopic (exact) mass is 357 g/mol. The van der Waals surface area contributed by atoms with E-state index >= 15 is 0 Å². The lowest BCUT2D eigenvalue weighted by molar-refractivity contribution is -0.114. The van der Waals surface area contributed by atoms with Gasteiger partial charge in [0.15, 0.2) is 5.17 Å². The first-order valence-electron chi connectivity index (χ1n) is 6.77. The topological polar surface area (TPSA) is 67.5 Å². The predicted molar refractivity (Wildman–Crippen MR) is 94.4 cm³/mol. The van der Waals surface area contributed by atoms with Gasteiger partial charge in [-0.25, -0.2) is 4.99 Å². The van der Waals surface area contributed by atoms with E-state index in [0.29, 0.717) is 32.1 Å². The summed E-state index contributed by atoms with van der Waals surface area (Å²) < 4.78 is 0. The highest BCUT2D eigenvalue weighted by atomic mass is 35.5. The Morgan fingerprint density at radius 2 is 2.09 bits per heavy atom. The van der Waals surface area contributed by atoms with E-state index in [1.165, 1.54) is 0 Å². The lowest BCUT2D eigenvalue weighted by Crippen LogP contribution is -2.32. The number of nitrogens with zero attached hydrogens (tertiary/aromatic N) is 1. The first-order chi connectivity index (χ1) is 10.3. The molecule has 1 heterocycles. The number of halogens is 2. The normalized spacial score (nSPS) is 18.3. The van der Waals surface area contributed by atoms with Gasteiger partial charge in [0, 0.05) is 16.5 Å². The molecule has 0 bridgehead atoms. The van der Waals surface area contributed by atoms with Gasteiger partial charge in [-0.3, -0.25) is 4.79 Å². The fourth-order valence-electron chi connectivity index (χ4n) is 2.21. The molecule has 4 nitrogen and oxygen atoms in total. The van der Waals surface area contributed by atoms with Gasteiger partial charge in [-0.1, -0.05) is 60.9 Å². The summed E-state index contributed by atoms with van der Waals surface area (Å²) in [6, 6.07) is 4.74. The van der Waals surface area contributed by atoms with Gasteiger partial charge >= 0.3 is 0 Å². The Hall–Kier alpha value is -1.17. The number of carbonyl (C=O) groups is 1. The maximum absolute atomic E-state index is 11.8. The molecule has 1 aromatic carbocycles. The van der Waals surface area contributed by atoms with Crippen LogP contribution in [0.25, 0.3) is 0 Å². The lowest BCUT2D eigenvalue weighted by atomic mass is 9.96. The van der Waals surface area contributed by atoms with Crippen LogP contribution in [0.3, 0.4) is 0 Å². The van der Waals surface area contributed by atoms with E-state index in [1.54, 1.807) is 30.8 Å². The van der Waals surface area contributed by atoms with Gasteiger partial charge in [0.1, 0.15) is 6.04 Å². The van der Waals surface area contributed by atoms with Gasteiger partial charge < -0.3 is 11.1 Å². The summed E-state index contributed by atoms with van der Waals surface area (Å²) in [5.74, 6) is -0.525. The Kier molecular flexibility index (Phi) is 5.42. The third-order valence-electron chi connectivity index (χ3n) is 3.11. The summed E-state index contributed by atoms with van der Waals surface area (Å²) in [4.78, 5) is 16.5. The second-order valence-corrected chi connectivity index (χ2v) is 7.52. The third-order valence-corrected chi connectivity index (χ3v) is 4.84. The van der Waals surface area contributed by atoms with Crippen LogP contribution in [-0.2, 0) is 4.79 Å². The van der Waals surface area contributed by atoms with E-state index in [-0.39, 0.29) is 0 Å². The van der Waals surface area contributed by atoms with Crippen LogP contribution >= 0.6 is 35.0 Å². The van der Waals surface area contributed by atoms with Gasteiger partial charge in [-0.15, -0.1) is 0 Å². The number of allylic oxidation sites excluding steroid dienone is 1. The molecule has 0 saturated carbocycles. The zero-order valence-corrected chi connectivity index (χ0v) is 14.8. The molecule has 3 N–H and O–H groups in total. The molecule has 1 atom stereocenters. The van der Waals surface area contributed by atoms with Crippen molar-refractivity contribution in [2.75, 3.05) is 0 Å². The SMILES string of the molecule is CC1=C(C(N)=O)C(c2cccc(Cl)c2Cl)N=C(SC(C)C)N1. The van der Waals surface area contributed by atoms with Gasteiger partial charge in [-0.05, 0) is 13.0 Å². The number of hydrogen-bond donors (Lipinski definition) is 2. The van der Waals surface area contributed by atoms with Crippen LogP contribution in [0.15, 0.2) is 34.5 Å². The first-order valence-corrected chi connectivity index (χ1v) is 8.40. The summed E-state index contributed by atoms with van der Waals surface area (Å²) >= 11 is 14.0. The quantitative estimate of drug-likeness (QED) is 0.861. The number of amides is 1. The molecule has 1 aromatic rings. The number of carbonyl (C=O) groups excluding carboxylic acids is 1. The molecule has 1 aliphatic heterocycles. The van der Waals surface area contributed by atoms with E-state index in [0.717, 1.165) is 5.17 Å². The molecule has 0 aliphatic carbocycles. The number of nitrogens with two attached hydrogens (primary N) is 1. The number of primary amides is 1. The van der Waals surface area contributed by atoms with Gasteiger partial charge in [0.05, 0.1) is 15.6 Å². The molecular formula is C15H17Cl2N3OS. The van der Waals surface area contributed by atoms with Gasteiger partial charge in [-0.2, -0.15) is 0 Å². The summed E-state index contributed by atoms with van der Waals surface area (Å²) in [6.45, 7) is 5.94. The van der Waals surface area contributed by atoms with Gasteiger partial charge in [0.2, 0.25) is 5.91 Å². The minimum atomic E-state index is -0.550. The largest absolute Gasteiger partial charge is 0.366 e. The Morgan fingerprint density at radius 1 is 1.41 bits per heavy atom. The molecule has 2 rings (SSSR count). The summed E-state index contributed by atoms with van der Waals surface area (Å²) in [7, 11) is 0. The average Bonchev–Trinajstić information content (AvgIpc) is 2.39. The highest BCUT2D eigenvalue weighted by molar-refractivity contribution is 8.14. The second kappa shape index (κ2) is 6.94. The summed E-state index contributed by atoms with van der Waals surface area (Å²) in [5.41, 5.74) is 7.29. The van der Waals surface area contributed by atoms with Crippen molar-refractivity contribution in [2.24, 2.45) is 10.7 Å². The Bertz CT molecular complexity index is 671. The molecule has 0 spiro atoms. The summed E-state index contributed by atoms with van der Waals surface area (Å²) in [6.07, 6.45) is 0. The van der Waals surface area contributed by atoms with Crippen LogP contribution in [0.4, 0.5) is 0 Å². The van der Waals surface area contributed by atoms with E-state index in [4.69, 9.17) is 28.9 Å². The molecule has 0 fully saturated rings. The van der Waals surface area contributed by atoms with Crippen LogP contribution in [0.5, 0.6) is 0 Å². The Morgan fingerprint density at radius 3 is 2.68 bits per heavy atom. The van der Waals surface area contributed by atoms with Crippen molar-refractivity contribution < 1.29 is 4.79 Å². The lowest BCUT2D eigenvalue weighted by Gasteiger charge is -2.26. The maximum Gasteiger partial charge on any atom is 0.248 e. The van der Waals surface area contributed by atoms with Crippen LogP contribution in [0.1, 0.15) is 32.4 Å². The van der Waals surface area contributed by atoms with E-state index in [1.807, 2.05) is 6.07 Å². The summed E-state index contributed by atoms with van der Waals surface area (Å²) in [5, 5.41) is 5.03. The standard InChI is InChI=1S/C15H17Cl2N3OS/c1-7(2)22-15-19-8(3)11(14(18)21)13(20-15)9-5-4-6-10(16)12(9)17/h4-7,13H,1-3H3,(H2,18,21)(H,19,20). The van der Waals surface area contributed by atoms with Crippen LogP contribution in [0.2, 0.25) is 10.0 Å².